The number of amides is 1. The molecule has 0 atom stereocenters. The van der Waals surface area contributed by atoms with Crippen molar-refractivity contribution in [2.75, 3.05) is 31.2 Å². The van der Waals surface area contributed by atoms with Crippen LogP contribution in [0.3, 0.4) is 0 Å². The predicted octanol–water partition coefficient (Wildman–Crippen LogP) is 2.72. The van der Waals surface area contributed by atoms with Gasteiger partial charge in [0.15, 0.2) is 0 Å². The van der Waals surface area contributed by atoms with E-state index in [2.05, 4.69) is 34.5 Å². The van der Waals surface area contributed by atoms with Crippen LogP contribution in [-0.2, 0) is 16.1 Å². The number of anilines is 1. The van der Waals surface area contributed by atoms with Gasteiger partial charge in [-0.1, -0.05) is 12.1 Å². The Hall–Kier alpha value is -1.55. The van der Waals surface area contributed by atoms with Gasteiger partial charge in [0.05, 0.1) is 6.61 Å². The molecule has 22 heavy (non-hydrogen) atoms. The summed E-state index contributed by atoms with van der Waals surface area (Å²) in [6.45, 7) is 3.81. The summed E-state index contributed by atoms with van der Waals surface area (Å²) >= 11 is 0. The average molecular weight is 302 g/mol. The highest BCUT2D eigenvalue weighted by Gasteiger charge is 2.21. The van der Waals surface area contributed by atoms with Crippen molar-refractivity contribution in [2.24, 2.45) is 5.92 Å². The number of nitrogens with one attached hydrogen (secondary N) is 1. The molecule has 4 heteroatoms. The molecule has 1 aromatic carbocycles. The fourth-order valence-corrected chi connectivity index (χ4v) is 2.83. The number of benzene rings is 1. The Kier molecular flexibility index (Phi) is 5.33. The SMILES string of the molecule is O=C(COCC1CC1)NCc1ccc(N2CCCCC2)cc1. The zero-order valence-electron chi connectivity index (χ0n) is 13.2. The maximum absolute atomic E-state index is 11.7. The molecule has 2 fully saturated rings. The minimum Gasteiger partial charge on any atom is -0.372 e. The van der Waals surface area contributed by atoms with Crippen LogP contribution < -0.4 is 10.2 Å². The zero-order valence-corrected chi connectivity index (χ0v) is 13.2. The van der Waals surface area contributed by atoms with Gasteiger partial charge >= 0.3 is 0 Å². The van der Waals surface area contributed by atoms with E-state index in [4.69, 9.17) is 4.74 Å². The third-order valence-corrected chi connectivity index (χ3v) is 4.43. The smallest absolute Gasteiger partial charge is 0.246 e. The molecule has 1 N–H and O–H groups in total. The standard InChI is InChI=1S/C18H26N2O2/c21-18(14-22-13-16-4-5-16)19-12-15-6-8-17(9-7-15)20-10-2-1-3-11-20/h6-9,16H,1-5,10-14H2,(H,19,21). The topological polar surface area (TPSA) is 41.6 Å². The number of hydrogen-bond donors (Lipinski definition) is 1. The number of hydrogen-bond acceptors (Lipinski definition) is 3. The van der Waals surface area contributed by atoms with Crippen molar-refractivity contribution in [1.82, 2.24) is 5.32 Å². The Bertz CT molecular complexity index is 476. The van der Waals surface area contributed by atoms with Crippen LogP contribution in [0.1, 0.15) is 37.7 Å². The van der Waals surface area contributed by atoms with Crippen LogP contribution in [0.25, 0.3) is 0 Å². The third-order valence-electron chi connectivity index (χ3n) is 4.43. The van der Waals surface area contributed by atoms with Crippen LogP contribution in [0.2, 0.25) is 0 Å². The van der Waals surface area contributed by atoms with Crippen LogP contribution in [-0.4, -0.2) is 32.2 Å². The van der Waals surface area contributed by atoms with Gasteiger partial charge in [0.25, 0.3) is 0 Å². The molecule has 0 unspecified atom stereocenters. The monoisotopic (exact) mass is 302 g/mol. The molecule has 1 saturated carbocycles. The summed E-state index contributed by atoms with van der Waals surface area (Å²) in [6, 6.07) is 8.54. The Morgan fingerprint density at radius 1 is 1.14 bits per heavy atom. The first-order valence-electron chi connectivity index (χ1n) is 8.49. The second-order valence-electron chi connectivity index (χ2n) is 6.45. The van der Waals surface area contributed by atoms with Crippen molar-refractivity contribution < 1.29 is 9.53 Å². The molecule has 1 aliphatic heterocycles. The molecule has 1 amide bonds. The Morgan fingerprint density at radius 2 is 1.86 bits per heavy atom. The van der Waals surface area contributed by atoms with Crippen molar-refractivity contribution >= 4 is 11.6 Å². The number of carbonyl (C=O) groups excluding carboxylic acids is 1. The van der Waals surface area contributed by atoms with Crippen molar-refractivity contribution in [2.45, 2.75) is 38.6 Å². The molecule has 1 saturated heterocycles. The summed E-state index contributed by atoms with van der Waals surface area (Å²) in [7, 11) is 0. The first-order valence-corrected chi connectivity index (χ1v) is 8.49. The fourth-order valence-electron chi connectivity index (χ4n) is 2.83. The molecule has 1 aliphatic carbocycles. The Labute approximate surface area is 132 Å². The van der Waals surface area contributed by atoms with Crippen molar-refractivity contribution in [1.29, 1.82) is 0 Å². The summed E-state index contributed by atoms with van der Waals surface area (Å²) in [5.41, 5.74) is 2.43. The van der Waals surface area contributed by atoms with E-state index in [-0.39, 0.29) is 12.5 Å². The normalized spacial score (nSPS) is 18.3. The lowest BCUT2D eigenvalue weighted by molar-refractivity contribution is -0.126. The second kappa shape index (κ2) is 7.63. The maximum atomic E-state index is 11.7. The van der Waals surface area contributed by atoms with E-state index in [1.807, 2.05) is 0 Å². The van der Waals surface area contributed by atoms with E-state index >= 15 is 0 Å². The summed E-state index contributed by atoms with van der Waals surface area (Å²) in [5, 5.41) is 2.91. The lowest BCUT2D eigenvalue weighted by Gasteiger charge is -2.28. The van der Waals surface area contributed by atoms with Gasteiger partial charge in [-0.25, -0.2) is 0 Å². The predicted molar refractivity (Wildman–Crippen MR) is 87.9 cm³/mol. The minimum atomic E-state index is -0.0271. The van der Waals surface area contributed by atoms with Crippen LogP contribution in [0.4, 0.5) is 5.69 Å². The van der Waals surface area contributed by atoms with Crippen molar-refractivity contribution in [3.63, 3.8) is 0 Å². The van der Waals surface area contributed by atoms with E-state index in [1.165, 1.54) is 37.8 Å². The Balaban J connectivity index is 1.39. The highest BCUT2D eigenvalue weighted by atomic mass is 16.5. The molecule has 120 valence electrons. The number of nitrogens with zero attached hydrogens (tertiary/aromatic N) is 1. The molecule has 0 spiro atoms. The highest BCUT2D eigenvalue weighted by Crippen LogP contribution is 2.28. The first kappa shape index (κ1) is 15.3. The first-order chi connectivity index (χ1) is 10.8. The summed E-state index contributed by atoms with van der Waals surface area (Å²) in [4.78, 5) is 14.1. The number of ether oxygens (including phenoxy) is 1. The van der Waals surface area contributed by atoms with E-state index in [1.54, 1.807) is 0 Å². The number of piperidine rings is 1. The number of carbonyl (C=O) groups is 1. The third kappa shape index (κ3) is 4.73. The number of rotatable bonds is 7. The molecular formula is C18H26N2O2. The Morgan fingerprint density at radius 3 is 2.55 bits per heavy atom. The molecule has 1 aromatic rings. The van der Waals surface area contributed by atoms with Gasteiger partial charge in [0, 0.05) is 25.3 Å². The summed E-state index contributed by atoms with van der Waals surface area (Å²) < 4.78 is 5.39. The largest absolute Gasteiger partial charge is 0.372 e. The lowest BCUT2D eigenvalue weighted by Crippen LogP contribution is -2.29. The molecular weight excluding hydrogens is 276 g/mol. The van der Waals surface area contributed by atoms with Gasteiger partial charge in [-0.3, -0.25) is 4.79 Å². The van der Waals surface area contributed by atoms with E-state index < -0.39 is 0 Å². The lowest BCUT2D eigenvalue weighted by atomic mass is 10.1. The van der Waals surface area contributed by atoms with Gasteiger partial charge in [-0.05, 0) is 55.7 Å². The second-order valence-corrected chi connectivity index (χ2v) is 6.45. The zero-order chi connectivity index (χ0) is 15.2. The van der Waals surface area contributed by atoms with Crippen molar-refractivity contribution in [3.8, 4) is 0 Å². The van der Waals surface area contributed by atoms with Gasteiger partial charge in [0.1, 0.15) is 6.61 Å². The quantitative estimate of drug-likeness (QED) is 0.842. The maximum Gasteiger partial charge on any atom is 0.246 e. The average Bonchev–Trinajstić information content (AvgIpc) is 3.39. The molecule has 0 radical (unpaired) electrons. The molecule has 2 aliphatic rings. The van der Waals surface area contributed by atoms with E-state index in [0.717, 1.165) is 25.3 Å². The summed E-state index contributed by atoms with van der Waals surface area (Å²) in [5.74, 6) is 0.677. The molecule has 0 bridgehead atoms. The van der Waals surface area contributed by atoms with Crippen LogP contribution in [0.15, 0.2) is 24.3 Å². The van der Waals surface area contributed by atoms with Gasteiger partial charge in [-0.2, -0.15) is 0 Å². The van der Waals surface area contributed by atoms with Gasteiger partial charge in [0.2, 0.25) is 5.91 Å². The van der Waals surface area contributed by atoms with Gasteiger partial charge in [-0.15, -0.1) is 0 Å². The highest BCUT2D eigenvalue weighted by molar-refractivity contribution is 5.77. The molecule has 1 heterocycles. The molecule has 3 rings (SSSR count). The molecule has 4 nitrogen and oxygen atoms in total. The fraction of sp³-hybridized carbons (Fsp3) is 0.611. The van der Waals surface area contributed by atoms with E-state index in [0.29, 0.717) is 12.5 Å². The van der Waals surface area contributed by atoms with Crippen LogP contribution >= 0.6 is 0 Å². The van der Waals surface area contributed by atoms with Crippen molar-refractivity contribution in [3.05, 3.63) is 29.8 Å². The minimum absolute atomic E-state index is 0.0271. The van der Waals surface area contributed by atoms with Crippen LogP contribution in [0, 0.1) is 5.92 Å². The van der Waals surface area contributed by atoms with E-state index in [9.17, 15) is 4.79 Å². The molecule has 0 aromatic heterocycles. The van der Waals surface area contributed by atoms with Crippen LogP contribution in [0.5, 0.6) is 0 Å². The summed E-state index contributed by atoms with van der Waals surface area (Å²) in [6.07, 6.45) is 6.44. The van der Waals surface area contributed by atoms with Gasteiger partial charge < -0.3 is 15.0 Å².